The number of aryl methyl sites for hydroxylation is 2. The molecule has 2 aromatic rings. The maximum Gasteiger partial charge on any atom is 0.224 e. The molecule has 7 nitrogen and oxygen atoms in total. The summed E-state index contributed by atoms with van der Waals surface area (Å²) >= 11 is 6.23. The van der Waals surface area contributed by atoms with E-state index in [0.29, 0.717) is 11.4 Å². The number of carbonyl (C=O) groups is 1. The molecule has 1 amide bonds. The van der Waals surface area contributed by atoms with Crippen LogP contribution in [0.5, 0.6) is 0 Å². The van der Waals surface area contributed by atoms with Crippen LogP contribution in [0.3, 0.4) is 0 Å². The molecule has 1 aliphatic rings. The van der Waals surface area contributed by atoms with Gasteiger partial charge in [0.25, 0.3) is 0 Å². The van der Waals surface area contributed by atoms with Crippen LogP contribution in [0.25, 0.3) is 0 Å². The molecule has 0 radical (unpaired) electrons. The standard InChI is InChI=1S/C19H29ClN6O/c1-5-25-13-17(11-21-25)12-23-6-8-24(9-7-23)18(27)10-14(2)26-16(4)19(20)15(3)22-26/h11,13-14H,5-10,12H2,1-4H3. The monoisotopic (exact) mass is 392 g/mol. The van der Waals surface area contributed by atoms with E-state index < -0.39 is 0 Å². The van der Waals surface area contributed by atoms with E-state index in [0.717, 1.165) is 50.7 Å². The SMILES string of the molecule is CCn1cc(CN2CCN(C(=O)CC(C)n3nc(C)c(Cl)c3C)CC2)cn1. The molecular formula is C19H29ClN6O. The van der Waals surface area contributed by atoms with Crippen molar-refractivity contribution < 1.29 is 4.79 Å². The maximum absolute atomic E-state index is 12.7. The third-order valence-electron chi connectivity index (χ3n) is 5.27. The third kappa shape index (κ3) is 4.52. The number of carbonyl (C=O) groups excluding carboxylic acids is 1. The van der Waals surface area contributed by atoms with Crippen molar-refractivity contribution in [3.05, 3.63) is 34.4 Å². The fourth-order valence-electron chi connectivity index (χ4n) is 3.61. The largest absolute Gasteiger partial charge is 0.340 e. The number of nitrogens with zero attached hydrogens (tertiary/aromatic N) is 6. The number of halogens is 1. The number of hydrogen-bond donors (Lipinski definition) is 0. The highest BCUT2D eigenvalue weighted by molar-refractivity contribution is 6.31. The average molecular weight is 393 g/mol. The molecule has 8 heteroatoms. The second kappa shape index (κ2) is 8.44. The second-order valence-corrected chi connectivity index (χ2v) is 7.72. The van der Waals surface area contributed by atoms with Gasteiger partial charge in [0.05, 0.1) is 28.6 Å². The number of hydrogen-bond acceptors (Lipinski definition) is 4. The van der Waals surface area contributed by atoms with Gasteiger partial charge in [-0.05, 0) is 27.7 Å². The Labute approximate surface area is 165 Å². The van der Waals surface area contributed by atoms with Gasteiger partial charge in [0.15, 0.2) is 0 Å². The van der Waals surface area contributed by atoms with Gasteiger partial charge in [-0.3, -0.25) is 19.1 Å². The highest BCUT2D eigenvalue weighted by Gasteiger charge is 2.24. The minimum absolute atomic E-state index is 0.00149. The molecule has 0 bridgehead atoms. The average Bonchev–Trinajstić information content (AvgIpc) is 3.22. The highest BCUT2D eigenvalue weighted by Crippen LogP contribution is 2.24. The quantitative estimate of drug-likeness (QED) is 0.758. The van der Waals surface area contributed by atoms with Gasteiger partial charge in [0.1, 0.15) is 0 Å². The van der Waals surface area contributed by atoms with E-state index in [1.54, 1.807) is 0 Å². The lowest BCUT2D eigenvalue weighted by atomic mass is 10.2. The van der Waals surface area contributed by atoms with Crippen molar-refractivity contribution in [1.82, 2.24) is 29.4 Å². The molecule has 0 aromatic carbocycles. The van der Waals surface area contributed by atoms with Crippen molar-refractivity contribution in [3.63, 3.8) is 0 Å². The molecule has 1 unspecified atom stereocenters. The smallest absolute Gasteiger partial charge is 0.224 e. The number of rotatable bonds is 6. The molecule has 1 atom stereocenters. The second-order valence-electron chi connectivity index (χ2n) is 7.34. The fourth-order valence-corrected chi connectivity index (χ4v) is 3.74. The lowest BCUT2D eigenvalue weighted by molar-refractivity contribution is -0.133. The first-order valence-corrected chi connectivity index (χ1v) is 9.99. The molecule has 0 spiro atoms. The van der Waals surface area contributed by atoms with Gasteiger partial charge in [0.2, 0.25) is 5.91 Å². The van der Waals surface area contributed by atoms with E-state index in [1.165, 1.54) is 5.56 Å². The minimum atomic E-state index is 0.00149. The summed E-state index contributed by atoms with van der Waals surface area (Å²) in [6.45, 7) is 13.1. The lowest BCUT2D eigenvalue weighted by Crippen LogP contribution is -2.48. The van der Waals surface area contributed by atoms with Gasteiger partial charge in [0, 0.05) is 57.4 Å². The van der Waals surface area contributed by atoms with Crippen LogP contribution in [-0.2, 0) is 17.9 Å². The summed E-state index contributed by atoms with van der Waals surface area (Å²) in [6.07, 6.45) is 4.47. The van der Waals surface area contributed by atoms with Crippen LogP contribution >= 0.6 is 11.6 Å². The zero-order valence-electron chi connectivity index (χ0n) is 16.7. The zero-order chi connectivity index (χ0) is 19.6. The fraction of sp³-hybridized carbons (Fsp3) is 0.632. The molecule has 0 N–H and O–H groups in total. The normalized spacial score (nSPS) is 16.7. The summed E-state index contributed by atoms with van der Waals surface area (Å²) < 4.78 is 3.82. The summed E-state index contributed by atoms with van der Waals surface area (Å²) in [6, 6.07) is 0.00149. The van der Waals surface area contributed by atoms with E-state index in [-0.39, 0.29) is 11.9 Å². The minimum Gasteiger partial charge on any atom is -0.340 e. The molecule has 148 valence electrons. The molecule has 1 fully saturated rings. The van der Waals surface area contributed by atoms with Gasteiger partial charge in [-0.1, -0.05) is 11.6 Å². The predicted molar refractivity (Wildman–Crippen MR) is 106 cm³/mol. The van der Waals surface area contributed by atoms with Crippen molar-refractivity contribution in [2.24, 2.45) is 0 Å². The Hall–Kier alpha value is -1.86. The molecule has 0 aliphatic carbocycles. The van der Waals surface area contributed by atoms with Crippen molar-refractivity contribution in [2.45, 2.75) is 53.2 Å². The number of aromatic nitrogens is 4. The zero-order valence-corrected chi connectivity index (χ0v) is 17.4. The van der Waals surface area contributed by atoms with E-state index in [4.69, 9.17) is 11.6 Å². The van der Waals surface area contributed by atoms with Gasteiger partial charge in [-0.25, -0.2) is 0 Å². The molecule has 3 heterocycles. The third-order valence-corrected chi connectivity index (χ3v) is 5.81. The summed E-state index contributed by atoms with van der Waals surface area (Å²) in [5.41, 5.74) is 2.96. The molecular weight excluding hydrogens is 364 g/mol. The summed E-state index contributed by atoms with van der Waals surface area (Å²) in [7, 11) is 0. The summed E-state index contributed by atoms with van der Waals surface area (Å²) in [5.74, 6) is 0.185. The van der Waals surface area contributed by atoms with Crippen LogP contribution in [0.4, 0.5) is 0 Å². The van der Waals surface area contributed by atoms with Crippen LogP contribution in [0, 0.1) is 13.8 Å². The summed E-state index contributed by atoms with van der Waals surface area (Å²) in [5, 5.41) is 9.49. The van der Waals surface area contributed by atoms with E-state index in [2.05, 4.69) is 28.2 Å². The van der Waals surface area contributed by atoms with Crippen molar-refractivity contribution in [2.75, 3.05) is 26.2 Å². The molecule has 2 aromatic heterocycles. The molecule has 3 rings (SSSR count). The highest BCUT2D eigenvalue weighted by atomic mass is 35.5. The first-order valence-electron chi connectivity index (χ1n) is 9.61. The van der Waals surface area contributed by atoms with Gasteiger partial charge in [-0.2, -0.15) is 10.2 Å². The first-order chi connectivity index (χ1) is 12.9. The van der Waals surface area contributed by atoms with Crippen LogP contribution in [0.2, 0.25) is 5.02 Å². The number of amides is 1. The van der Waals surface area contributed by atoms with E-state index >= 15 is 0 Å². The predicted octanol–water partition coefficient (Wildman–Crippen LogP) is 2.67. The van der Waals surface area contributed by atoms with Gasteiger partial charge in [-0.15, -0.1) is 0 Å². The Morgan fingerprint density at radius 2 is 1.96 bits per heavy atom. The Morgan fingerprint density at radius 3 is 2.52 bits per heavy atom. The van der Waals surface area contributed by atoms with Crippen molar-refractivity contribution in [3.8, 4) is 0 Å². The Bertz CT molecular complexity index is 790. The van der Waals surface area contributed by atoms with Crippen molar-refractivity contribution in [1.29, 1.82) is 0 Å². The van der Waals surface area contributed by atoms with Crippen LogP contribution in [0.1, 0.15) is 43.3 Å². The lowest BCUT2D eigenvalue weighted by Gasteiger charge is -2.35. The van der Waals surface area contributed by atoms with Gasteiger partial charge >= 0.3 is 0 Å². The topological polar surface area (TPSA) is 59.2 Å². The first kappa shape index (κ1) is 19.9. The van der Waals surface area contributed by atoms with Crippen LogP contribution in [-0.4, -0.2) is 61.4 Å². The Morgan fingerprint density at radius 1 is 1.26 bits per heavy atom. The Kier molecular flexibility index (Phi) is 6.22. The van der Waals surface area contributed by atoms with Crippen LogP contribution in [0.15, 0.2) is 12.4 Å². The van der Waals surface area contributed by atoms with Crippen LogP contribution < -0.4 is 0 Å². The van der Waals surface area contributed by atoms with E-state index in [1.807, 2.05) is 41.2 Å². The summed E-state index contributed by atoms with van der Waals surface area (Å²) in [4.78, 5) is 17.1. The van der Waals surface area contributed by atoms with E-state index in [9.17, 15) is 4.79 Å². The molecule has 0 saturated carbocycles. The number of piperazine rings is 1. The molecule has 1 aliphatic heterocycles. The van der Waals surface area contributed by atoms with Gasteiger partial charge < -0.3 is 4.90 Å². The maximum atomic E-state index is 12.7. The molecule has 27 heavy (non-hydrogen) atoms. The molecule has 1 saturated heterocycles. The van der Waals surface area contributed by atoms with Crippen molar-refractivity contribution >= 4 is 17.5 Å². The Balaban J connectivity index is 1.50.